The number of rotatable bonds is 18. The summed E-state index contributed by atoms with van der Waals surface area (Å²) in [6.45, 7) is 10.6. The predicted molar refractivity (Wildman–Crippen MR) is 196 cm³/mol. The number of carboxylic acids is 1. The van der Waals surface area contributed by atoms with Crippen molar-refractivity contribution in [2.75, 3.05) is 0 Å². The zero-order valence-corrected chi connectivity index (χ0v) is 30.3. The molecule has 0 aliphatic heterocycles. The standard InChI is InChI=1S/C40H52N4O7/c1-7-26(6)36(39(49)44-35(25(4)5)40(50)51)42-33(46)23-32(45)31(22-27-16-10-8-11-17-27)41-38(48)34(24(2)3)43-37(47)30-21-15-14-20-29(30)28-18-12-9-13-19-28/h8-21,24-26,31-32,34-36,45H,7,22-23H2,1-6H3,(H,41,48)(H,42,46)(H,43,47)(H,44,49)(H,50,51)/t26-,31-,32-,34-,35-,36-/m0/s1. The van der Waals surface area contributed by atoms with E-state index in [1.54, 1.807) is 46.8 Å². The fourth-order valence-electron chi connectivity index (χ4n) is 5.75. The van der Waals surface area contributed by atoms with Crippen molar-refractivity contribution in [2.45, 2.75) is 91.1 Å². The molecule has 11 nitrogen and oxygen atoms in total. The summed E-state index contributed by atoms with van der Waals surface area (Å²) >= 11 is 0. The summed E-state index contributed by atoms with van der Waals surface area (Å²) < 4.78 is 0. The summed E-state index contributed by atoms with van der Waals surface area (Å²) in [6, 6.07) is 21.7. The zero-order valence-electron chi connectivity index (χ0n) is 30.3. The van der Waals surface area contributed by atoms with Gasteiger partial charge in [0, 0.05) is 5.56 Å². The van der Waals surface area contributed by atoms with Gasteiger partial charge in [0.15, 0.2) is 0 Å². The number of benzene rings is 3. The van der Waals surface area contributed by atoms with Gasteiger partial charge in [0.1, 0.15) is 18.1 Å². The number of nitrogens with one attached hydrogen (secondary N) is 4. The monoisotopic (exact) mass is 700 g/mol. The predicted octanol–water partition coefficient (Wildman–Crippen LogP) is 4.34. The van der Waals surface area contributed by atoms with Gasteiger partial charge in [0.2, 0.25) is 17.7 Å². The number of aliphatic hydroxyl groups excluding tert-OH is 1. The molecule has 0 heterocycles. The van der Waals surface area contributed by atoms with Gasteiger partial charge in [0.25, 0.3) is 5.91 Å². The molecule has 6 N–H and O–H groups in total. The maximum Gasteiger partial charge on any atom is 0.326 e. The molecule has 51 heavy (non-hydrogen) atoms. The number of carbonyl (C=O) groups is 5. The Morgan fingerprint density at radius 3 is 1.76 bits per heavy atom. The van der Waals surface area contributed by atoms with Crippen molar-refractivity contribution in [1.29, 1.82) is 0 Å². The Bertz CT molecular complexity index is 1610. The van der Waals surface area contributed by atoms with E-state index < -0.39 is 66.3 Å². The second-order valence-electron chi connectivity index (χ2n) is 13.7. The Kier molecular flexibility index (Phi) is 15.4. The molecule has 11 heteroatoms. The molecule has 0 aromatic heterocycles. The summed E-state index contributed by atoms with van der Waals surface area (Å²) in [5, 5.41) is 32.0. The largest absolute Gasteiger partial charge is 0.480 e. The highest BCUT2D eigenvalue weighted by atomic mass is 16.4. The van der Waals surface area contributed by atoms with E-state index in [1.807, 2.05) is 79.7 Å². The molecule has 3 aromatic rings. The van der Waals surface area contributed by atoms with Crippen LogP contribution in [0.3, 0.4) is 0 Å². The van der Waals surface area contributed by atoms with Crippen molar-refractivity contribution >= 4 is 29.6 Å². The Morgan fingerprint density at radius 2 is 1.20 bits per heavy atom. The molecule has 3 rings (SSSR count). The highest BCUT2D eigenvalue weighted by Gasteiger charge is 2.34. The fraction of sp³-hybridized carbons (Fsp3) is 0.425. The van der Waals surface area contributed by atoms with Gasteiger partial charge < -0.3 is 31.5 Å². The third kappa shape index (κ3) is 11.8. The molecule has 0 saturated carbocycles. The van der Waals surface area contributed by atoms with Crippen molar-refractivity contribution in [2.24, 2.45) is 17.8 Å². The molecule has 3 aromatic carbocycles. The van der Waals surface area contributed by atoms with Crippen LogP contribution in [0.4, 0.5) is 0 Å². The van der Waals surface area contributed by atoms with Crippen molar-refractivity contribution in [1.82, 2.24) is 21.3 Å². The van der Waals surface area contributed by atoms with Gasteiger partial charge in [0.05, 0.1) is 18.6 Å². The first-order chi connectivity index (χ1) is 24.2. The Balaban J connectivity index is 1.80. The van der Waals surface area contributed by atoms with Gasteiger partial charge in [-0.2, -0.15) is 0 Å². The molecule has 0 saturated heterocycles. The summed E-state index contributed by atoms with van der Waals surface area (Å²) in [5.74, 6) is -4.47. The topological polar surface area (TPSA) is 174 Å². The quantitative estimate of drug-likeness (QED) is 0.115. The number of amides is 4. The van der Waals surface area contributed by atoms with Crippen molar-refractivity contribution in [3.05, 3.63) is 96.1 Å². The number of carboxylic acid groups (broad SMARTS) is 1. The minimum absolute atomic E-state index is 0.181. The molecule has 0 fully saturated rings. The van der Waals surface area contributed by atoms with Gasteiger partial charge in [-0.1, -0.05) is 127 Å². The first kappa shape index (κ1) is 40.4. The van der Waals surface area contributed by atoms with Crippen molar-refractivity contribution < 1.29 is 34.2 Å². The summed E-state index contributed by atoms with van der Waals surface area (Å²) in [7, 11) is 0. The van der Waals surface area contributed by atoms with E-state index in [0.29, 0.717) is 17.5 Å². The zero-order chi connectivity index (χ0) is 37.7. The first-order valence-corrected chi connectivity index (χ1v) is 17.5. The number of hydrogen-bond acceptors (Lipinski definition) is 6. The minimum Gasteiger partial charge on any atom is -0.480 e. The van der Waals surface area contributed by atoms with Crippen LogP contribution in [-0.4, -0.2) is 70.1 Å². The Hall–Kier alpha value is -5.03. The van der Waals surface area contributed by atoms with Gasteiger partial charge >= 0.3 is 5.97 Å². The molecule has 0 aliphatic rings. The summed E-state index contributed by atoms with van der Waals surface area (Å²) in [5.41, 5.74) is 2.78. The van der Waals surface area contributed by atoms with Gasteiger partial charge in [-0.05, 0) is 46.9 Å². The second kappa shape index (κ2) is 19.4. The maximum absolute atomic E-state index is 13.9. The van der Waals surface area contributed by atoms with Gasteiger partial charge in [-0.3, -0.25) is 19.2 Å². The van der Waals surface area contributed by atoms with Crippen LogP contribution in [0.2, 0.25) is 0 Å². The summed E-state index contributed by atoms with van der Waals surface area (Å²) in [4.78, 5) is 65.8. The van der Waals surface area contributed by atoms with Crippen molar-refractivity contribution in [3.63, 3.8) is 0 Å². The van der Waals surface area contributed by atoms with Crippen LogP contribution in [0, 0.1) is 17.8 Å². The van der Waals surface area contributed by atoms with E-state index in [1.165, 1.54) is 0 Å². The Morgan fingerprint density at radius 1 is 0.647 bits per heavy atom. The third-order valence-corrected chi connectivity index (χ3v) is 9.02. The lowest BCUT2D eigenvalue weighted by molar-refractivity contribution is -0.143. The van der Waals surface area contributed by atoms with Crippen molar-refractivity contribution in [3.8, 4) is 11.1 Å². The van der Waals surface area contributed by atoms with E-state index in [-0.39, 0.29) is 24.2 Å². The number of hydrogen-bond donors (Lipinski definition) is 6. The average Bonchev–Trinajstić information content (AvgIpc) is 3.11. The number of aliphatic carboxylic acids is 1. The molecular weight excluding hydrogens is 648 g/mol. The number of aliphatic hydroxyl groups is 1. The van der Waals surface area contributed by atoms with Crippen LogP contribution in [0.25, 0.3) is 11.1 Å². The molecule has 0 radical (unpaired) electrons. The molecule has 6 atom stereocenters. The lowest BCUT2D eigenvalue weighted by Gasteiger charge is -2.30. The molecule has 0 bridgehead atoms. The van der Waals surface area contributed by atoms with Crippen LogP contribution < -0.4 is 21.3 Å². The van der Waals surface area contributed by atoms with E-state index >= 15 is 0 Å². The molecule has 274 valence electrons. The Labute approximate surface area is 300 Å². The normalized spacial score (nSPS) is 14.8. The maximum atomic E-state index is 13.9. The van der Waals surface area contributed by atoms with Gasteiger partial charge in [-0.15, -0.1) is 0 Å². The third-order valence-electron chi connectivity index (χ3n) is 9.02. The van der Waals surface area contributed by atoms with Gasteiger partial charge in [-0.25, -0.2) is 4.79 Å². The molecule has 0 aliphatic carbocycles. The highest BCUT2D eigenvalue weighted by molar-refractivity contribution is 6.03. The molecule has 0 spiro atoms. The average molecular weight is 701 g/mol. The van der Waals surface area contributed by atoms with E-state index in [4.69, 9.17) is 0 Å². The second-order valence-corrected chi connectivity index (χ2v) is 13.7. The lowest BCUT2D eigenvalue weighted by atomic mass is 9.95. The van der Waals surface area contributed by atoms with Crippen LogP contribution >= 0.6 is 0 Å². The van der Waals surface area contributed by atoms with Crippen LogP contribution in [0.5, 0.6) is 0 Å². The summed E-state index contributed by atoms with van der Waals surface area (Å²) in [6.07, 6.45) is -1.13. The fourth-order valence-corrected chi connectivity index (χ4v) is 5.75. The van der Waals surface area contributed by atoms with E-state index in [0.717, 1.165) is 11.1 Å². The number of carbonyl (C=O) groups excluding carboxylic acids is 4. The lowest BCUT2D eigenvalue weighted by Crippen LogP contribution is -2.57. The van der Waals surface area contributed by atoms with Crippen LogP contribution in [0.15, 0.2) is 84.9 Å². The highest BCUT2D eigenvalue weighted by Crippen LogP contribution is 2.24. The van der Waals surface area contributed by atoms with Crippen LogP contribution in [-0.2, 0) is 25.6 Å². The first-order valence-electron chi connectivity index (χ1n) is 17.5. The molecular formula is C40H52N4O7. The SMILES string of the molecule is CC[C@H](C)[C@H](NC(=O)C[C@H](O)[C@H](Cc1ccccc1)NC(=O)[C@@H](NC(=O)c1ccccc1-c1ccccc1)C(C)C)C(=O)N[C@H](C(=O)O)C(C)C. The molecule has 4 amide bonds. The smallest absolute Gasteiger partial charge is 0.326 e. The van der Waals surface area contributed by atoms with E-state index in [2.05, 4.69) is 21.3 Å². The minimum atomic E-state index is -1.38. The molecule has 0 unspecified atom stereocenters. The van der Waals surface area contributed by atoms with E-state index in [9.17, 15) is 34.2 Å². The van der Waals surface area contributed by atoms with Crippen LogP contribution in [0.1, 0.15) is 70.3 Å².